The van der Waals surface area contributed by atoms with E-state index in [9.17, 15) is 13.2 Å². The van der Waals surface area contributed by atoms with Crippen LogP contribution >= 0.6 is 0 Å². The predicted molar refractivity (Wildman–Crippen MR) is 78.3 cm³/mol. The number of nitrogens with zero attached hydrogens (tertiary/aromatic N) is 1. The Morgan fingerprint density at radius 3 is 2.57 bits per heavy atom. The molecule has 1 aliphatic rings. The Labute approximate surface area is 124 Å². The van der Waals surface area contributed by atoms with Gasteiger partial charge in [-0.3, -0.25) is 4.79 Å². The molecule has 0 unspecified atom stereocenters. The van der Waals surface area contributed by atoms with Crippen molar-refractivity contribution in [3.05, 3.63) is 29.3 Å². The van der Waals surface area contributed by atoms with E-state index in [4.69, 9.17) is 11.5 Å². The summed E-state index contributed by atoms with van der Waals surface area (Å²) in [7, 11) is -3.88. The Balaban J connectivity index is 2.37. The molecule has 2 rings (SSSR count). The Bertz CT molecular complexity index is 688. The third kappa shape index (κ3) is 3.43. The van der Waals surface area contributed by atoms with Gasteiger partial charge < -0.3 is 5.11 Å². The fourth-order valence-electron chi connectivity index (χ4n) is 2.50. The van der Waals surface area contributed by atoms with Gasteiger partial charge in [0.05, 0.1) is 11.4 Å². The number of benzene rings is 1. The normalized spacial score (nSPS) is 14.5. The van der Waals surface area contributed by atoms with E-state index in [0.717, 1.165) is 35.6 Å². The number of aliphatic carboxylic acids is 1. The summed E-state index contributed by atoms with van der Waals surface area (Å²) in [5, 5.41) is 8.84. The van der Waals surface area contributed by atoms with Gasteiger partial charge in [0.2, 0.25) is 10.0 Å². The summed E-state index contributed by atoms with van der Waals surface area (Å²) in [4.78, 5) is 10.9. The molecule has 0 heterocycles. The molecule has 5 nitrogen and oxygen atoms in total. The molecule has 0 saturated carbocycles. The number of hydrogen-bond donors (Lipinski definition) is 1. The molecule has 0 saturated heterocycles. The maximum Gasteiger partial charge on any atom is 0.318 e. The summed E-state index contributed by atoms with van der Waals surface area (Å²) in [6.07, 6.45) is 9.11. The Kier molecular flexibility index (Phi) is 4.66. The molecule has 0 fully saturated rings. The molecule has 1 aromatic carbocycles. The van der Waals surface area contributed by atoms with Crippen LogP contribution in [0.4, 0.5) is 0 Å². The lowest BCUT2D eigenvalue weighted by Crippen LogP contribution is -2.36. The SMILES string of the molecule is C#CCN(CC(=O)O)S(=O)(=O)c1ccc2c(c1)CCCC2. The van der Waals surface area contributed by atoms with Crippen molar-refractivity contribution in [3.8, 4) is 12.3 Å². The van der Waals surface area contributed by atoms with Gasteiger partial charge in [0.1, 0.15) is 6.54 Å². The standard InChI is InChI=1S/C15H17NO4S/c1-2-9-16(11-15(17)18)21(19,20)14-8-7-12-5-3-4-6-13(12)10-14/h1,7-8,10H,3-6,9,11H2,(H,17,18). The number of carbonyl (C=O) groups is 1. The first kappa shape index (κ1) is 15.5. The lowest BCUT2D eigenvalue weighted by Gasteiger charge is -2.20. The largest absolute Gasteiger partial charge is 0.480 e. The van der Waals surface area contributed by atoms with E-state index in [1.54, 1.807) is 6.07 Å². The number of terminal acetylenes is 1. The molecule has 0 aromatic heterocycles. The van der Waals surface area contributed by atoms with Crippen LogP contribution in [0.2, 0.25) is 0 Å². The highest BCUT2D eigenvalue weighted by atomic mass is 32.2. The third-order valence-electron chi connectivity index (χ3n) is 3.54. The van der Waals surface area contributed by atoms with Crippen molar-refractivity contribution in [2.24, 2.45) is 0 Å². The van der Waals surface area contributed by atoms with Crippen LogP contribution in [0.25, 0.3) is 0 Å². The molecule has 0 atom stereocenters. The smallest absolute Gasteiger partial charge is 0.318 e. The van der Waals surface area contributed by atoms with E-state index in [1.807, 2.05) is 6.07 Å². The van der Waals surface area contributed by atoms with Crippen LogP contribution in [0.1, 0.15) is 24.0 Å². The first-order valence-electron chi connectivity index (χ1n) is 6.72. The molecule has 1 aromatic rings. The van der Waals surface area contributed by atoms with Crippen LogP contribution in [0.5, 0.6) is 0 Å². The zero-order valence-electron chi connectivity index (χ0n) is 11.6. The molecule has 112 valence electrons. The first-order valence-corrected chi connectivity index (χ1v) is 8.16. The van der Waals surface area contributed by atoms with Gasteiger partial charge in [0, 0.05) is 0 Å². The summed E-state index contributed by atoms with van der Waals surface area (Å²) < 4.78 is 25.8. The monoisotopic (exact) mass is 307 g/mol. The van der Waals surface area contributed by atoms with E-state index in [0.29, 0.717) is 0 Å². The minimum absolute atomic E-state index is 0.111. The molecule has 0 aliphatic heterocycles. The minimum Gasteiger partial charge on any atom is -0.480 e. The van der Waals surface area contributed by atoms with Crippen LogP contribution in [0.3, 0.4) is 0 Å². The average molecular weight is 307 g/mol. The van der Waals surface area contributed by atoms with E-state index < -0.39 is 22.5 Å². The maximum absolute atomic E-state index is 12.5. The van der Waals surface area contributed by atoms with Crippen molar-refractivity contribution < 1.29 is 18.3 Å². The van der Waals surface area contributed by atoms with Crippen LogP contribution < -0.4 is 0 Å². The second-order valence-electron chi connectivity index (χ2n) is 5.01. The quantitative estimate of drug-likeness (QED) is 0.831. The van der Waals surface area contributed by atoms with Gasteiger partial charge in [-0.15, -0.1) is 6.42 Å². The summed E-state index contributed by atoms with van der Waals surface area (Å²) in [6, 6.07) is 5.00. The highest BCUT2D eigenvalue weighted by molar-refractivity contribution is 7.89. The zero-order chi connectivity index (χ0) is 15.5. The van der Waals surface area contributed by atoms with Crippen LogP contribution in [-0.4, -0.2) is 36.9 Å². The number of carboxylic acids is 1. The van der Waals surface area contributed by atoms with Gasteiger partial charge in [0.15, 0.2) is 0 Å². The van der Waals surface area contributed by atoms with Crippen LogP contribution in [0, 0.1) is 12.3 Å². The Morgan fingerprint density at radius 1 is 1.29 bits per heavy atom. The number of sulfonamides is 1. The van der Waals surface area contributed by atoms with Crippen molar-refractivity contribution in [1.82, 2.24) is 4.31 Å². The molecular formula is C15H17NO4S. The number of hydrogen-bond acceptors (Lipinski definition) is 3. The maximum atomic E-state index is 12.5. The summed E-state index contributed by atoms with van der Waals surface area (Å²) >= 11 is 0. The highest BCUT2D eigenvalue weighted by Crippen LogP contribution is 2.25. The molecule has 0 radical (unpaired) electrons. The Hall–Kier alpha value is -1.84. The van der Waals surface area contributed by atoms with E-state index >= 15 is 0 Å². The Morgan fingerprint density at radius 2 is 1.95 bits per heavy atom. The average Bonchev–Trinajstić information content (AvgIpc) is 2.46. The molecule has 1 aliphatic carbocycles. The molecular weight excluding hydrogens is 290 g/mol. The van der Waals surface area contributed by atoms with Gasteiger partial charge in [0.25, 0.3) is 0 Å². The molecule has 0 bridgehead atoms. The fraction of sp³-hybridized carbons (Fsp3) is 0.400. The second-order valence-corrected chi connectivity index (χ2v) is 6.95. The van der Waals surface area contributed by atoms with Gasteiger partial charge in [-0.25, -0.2) is 8.42 Å². The first-order chi connectivity index (χ1) is 9.95. The number of rotatable bonds is 5. The summed E-state index contributed by atoms with van der Waals surface area (Å²) in [6.45, 7) is -0.894. The minimum atomic E-state index is -3.88. The summed E-state index contributed by atoms with van der Waals surface area (Å²) in [5.74, 6) is 0.965. The molecule has 6 heteroatoms. The zero-order valence-corrected chi connectivity index (χ0v) is 12.4. The number of aryl methyl sites for hydroxylation is 2. The van der Waals surface area contributed by atoms with Gasteiger partial charge in [-0.05, 0) is 48.9 Å². The van der Waals surface area contributed by atoms with Crippen molar-refractivity contribution in [3.63, 3.8) is 0 Å². The third-order valence-corrected chi connectivity index (χ3v) is 5.32. The lowest BCUT2D eigenvalue weighted by molar-refractivity contribution is -0.137. The highest BCUT2D eigenvalue weighted by Gasteiger charge is 2.26. The van der Waals surface area contributed by atoms with Crippen LogP contribution in [-0.2, 0) is 27.7 Å². The predicted octanol–water partition coefficient (Wildman–Crippen LogP) is 1.27. The van der Waals surface area contributed by atoms with Crippen molar-refractivity contribution in [1.29, 1.82) is 0 Å². The second kappa shape index (κ2) is 6.29. The van der Waals surface area contributed by atoms with E-state index in [-0.39, 0.29) is 11.4 Å². The molecule has 0 spiro atoms. The van der Waals surface area contributed by atoms with Crippen molar-refractivity contribution >= 4 is 16.0 Å². The van der Waals surface area contributed by atoms with Gasteiger partial charge >= 0.3 is 5.97 Å². The molecule has 1 N–H and O–H groups in total. The van der Waals surface area contributed by atoms with E-state index in [1.165, 1.54) is 11.6 Å². The van der Waals surface area contributed by atoms with Gasteiger partial charge in [-0.2, -0.15) is 4.31 Å². The summed E-state index contributed by atoms with van der Waals surface area (Å²) in [5.41, 5.74) is 2.19. The van der Waals surface area contributed by atoms with Crippen LogP contribution in [0.15, 0.2) is 23.1 Å². The van der Waals surface area contributed by atoms with Crippen molar-refractivity contribution in [2.75, 3.05) is 13.1 Å². The molecule has 0 amide bonds. The topological polar surface area (TPSA) is 74.7 Å². The van der Waals surface area contributed by atoms with E-state index in [2.05, 4.69) is 5.92 Å². The number of carboxylic acid groups (broad SMARTS) is 1. The lowest BCUT2D eigenvalue weighted by atomic mass is 9.92. The molecule has 21 heavy (non-hydrogen) atoms. The van der Waals surface area contributed by atoms with Gasteiger partial charge in [-0.1, -0.05) is 12.0 Å². The van der Waals surface area contributed by atoms with Crippen molar-refractivity contribution in [2.45, 2.75) is 30.6 Å². The fourth-order valence-corrected chi connectivity index (χ4v) is 3.85. The number of fused-ring (bicyclic) bond motifs is 1.